The maximum absolute atomic E-state index is 9.23. The first-order valence-electron chi connectivity index (χ1n) is 5.10. The Morgan fingerprint density at radius 2 is 2.31 bits per heavy atom. The quantitative estimate of drug-likeness (QED) is 0.747. The number of nitrogens with zero attached hydrogens (tertiary/aromatic N) is 2. The predicted octanol–water partition coefficient (Wildman–Crippen LogP) is 0.757. The number of ether oxygens (including phenoxy) is 1. The molecule has 0 unspecified atom stereocenters. The molecule has 0 amide bonds. The third kappa shape index (κ3) is 1.87. The summed E-state index contributed by atoms with van der Waals surface area (Å²) in [4.78, 5) is 4.32. The van der Waals surface area contributed by atoms with Crippen LogP contribution in [0.5, 0.6) is 0 Å². The highest BCUT2D eigenvalue weighted by molar-refractivity contribution is 5.79. The van der Waals surface area contributed by atoms with Crippen molar-refractivity contribution < 1.29 is 9.84 Å². The minimum Gasteiger partial charge on any atom is -0.399 e. The summed E-state index contributed by atoms with van der Waals surface area (Å²) in [5.41, 5.74) is 8.14. The summed E-state index contributed by atoms with van der Waals surface area (Å²) in [5, 5.41) is 9.23. The maximum atomic E-state index is 9.23. The lowest BCUT2D eigenvalue weighted by Gasteiger charge is -2.06. The van der Waals surface area contributed by atoms with Gasteiger partial charge in [0.2, 0.25) is 0 Å². The van der Waals surface area contributed by atoms with Crippen molar-refractivity contribution in [1.29, 1.82) is 0 Å². The molecule has 5 heteroatoms. The molecule has 0 aliphatic heterocycles. The van der Waals surface area contributed by atoms with Crippen LogP contribution < -0.4 is 5.73 Å². The van der Waals surface area contributed by atoms with Gasteiger partial charge in [-0.15, -0.1) is 0 Å². The molecule has 1 aromatic carbocycles. The van der Waals surface area contributed by atoms with Crippen LogP contribution in [0.1, 0.15) is 5.82 Å². The Labute approximate surface area is 93.5 Å². The van der Waals surface area contributed by atoms with Crippen LogP contribution in [-0.4, -0.2) is 28.4 Å². The number of hydrogen-bond donors (Lipinski definition) is 2. The van der Waals surface area contributed by atoms with Gasteiger partial charge in [-0.05, 0) is 18.2 Å². The van der Waals surface area contributed by atoms with Crippen molar-refractivity contribution in [2.75, 3.05) is 19.5 Å². The number of nitrogens with two attached hydrogens (primary N) is 1. The fraction of sp³-hybridized carbons (Fsp3) is 0.364. The van der Waals surface area contributed by atoms with E-state index in [9.17, 15) is 5.11 Å². The van der Waals surface area contributed by atoms with Crippen molar-refractivity contribution in [3.63, 3.8) is 0 Å². The lowest BCUT2D eigenvalue weighted by Crippen LogP contribution is -2.08. The number of anilines is 1. The Hall–Kier alpha value is -1.59. The van der Waals surface area contributed by atoms with Gasteiger partial charge in [0.05, 0.1) is 17.6 Å². The number of nitrogen functional groups attached to an aromatic ring is 1. The molecule has 0 saturated carbocycles. The molecule has 0 fully saturated rings. The van der Waals surface area contributed by atoms with Gasteiger partial charge in [0.25, 0.3) is 0 Å². The van der Waals surface area contributed by atoms with E-state index in [0.29, 0.717) is 24.7 Å². The number of rotatable bonds is 4. The Kier molecular flexibility index (Phi) is 3.07. The molecule has 2 aromatic rings. The highest BCUT2D eigenvalue weighted by Gasteiger charge is 2.09. The normalized spacial score (nSPS) is 11.1. The molecule has 0 saturated heterocycles. The molecule has 0 aliphatic rings. The Balaban J connectivity index is 2.50. The first-order valence-corrected chi connectivity index (χ1v) is 5.10. The standard InChI is InChI=1S/C11H15N3O2/c1-16-5-4-14-10-3-2-8(12)6-9(10)13-11(14)7-15/h2-3,6,15H,4-5,7,12H2,1H3. The van der Waals surface area contributed by atoms with Gasteiger partial charge in [0, 0.05) is 19.3 Å². The summed E-state index contributed by atoms with van der Waals surface area (Å²) in [5.74, 6) is 0.637. The van der Waals surface area contributed by atoms with Gasteiger partial charge in [-0.1, -0.05) is 0 Å². The van der Waals surface area contributed by atoms with Gasteiger partial charge in [-0.25, -0.2) is 4.98 Å². The molecule has 16 heavy (non-hydrogen) atoms. The van der Waals surface area contributed by atoms with Crippen LogP contribution in [0.25, 0.3) is 11.0 Å². The highest BCUT2D eigenvalue weighted by Crippen LogP contribution is 2.19. The third-order valence-corrected chi connectivity index (χ3v) is 2.51. The van der Waals surface area contributed by atoms with Crippen molar-refractivity contribution >= 4 is 16.7 Å². The zero-order chi connectivity index (χ0) is 11.5. The average Bonchev–Trinajstić information content (AvgIpc) is 2.63. The Morgan fingerprint density at radius 3 is 3.00 bits per heavy atom. The average molecular weight is 221 g/mol. The zero-order valence-electron chi connectivity index (χ0n) is 9.18. The van der Waals surface area contributed by atoms with E-state index >= 15 is 0 Å². The first-order chi connectivity index (χ1) is 7.76. The molecule has 0 bridgehead atoms. The molecule has 0 aliphatic carbocycles. The number of methoxy groups -OCH3 is 1. The fourth-order valence-corrected chi connectivity index (χ4v) is 1.75. The molecule has 1 aromatic heterocycles. The van der Waals surface area contributed by atoms with E-state index in [1.54, 1.807) is 13.2 Å². The van der Waals surface area contributed by atoms with E-state index in [-0.39, 0.29) is 6.61 Å². The highest BCUT2D eigenvalue weighted by atomic mass is 16.5. The van der Waals surface area contributed by atoms with Gasteiger partial charge in [0.1, 0.15) is 12.4 Å². The summed E-state index contributed by atoms with van der Waals surface area (Å²) in [7, 11) is 1.65. The SMILES string of the molecule is COCCn1c(CO)nc2cc(N)ccc21. The van der Waals surface area contributed by atoms with E-state index in [1.807, 2.05) is 16.7 Å². The number of benzene rings is 1. The number of aliphatic hydroxyl groups excluding tert-OH is 1. The Morgan fingerprint density at radius 1 is 1.50 bits per heavy atom. The van der Waals surface area contributed by atoms with Gasteiger partial charge in [-0.3, -0.25) is 0 Å². The Bertz CT molecular complexity index is 493. The number of aromatic nitrogens is 2. The van der Waals surface area contributed by atoms with Gasteiger partial charge >= 0.3 is 0 Å². The monoisotopic (exact) mass is 221 g/mol. The topological polar surface area (TPSA) is 73.3 Å². The number of fused-ring (bicyclic) bond motifs is 1. The molecular formula is C11H15N3O2. The lowest BCUT2D eigenvalue weighted by atomic mass is 10.3. The minimum atomic E-state index is -0.0850. The van der Waals surface area contributed by atoms with Crippen LogP contribution in [0.3, 0.4) is 0 Å². The van der Waals surface area contributed by atoms with Crippen LogP contribution in [0.2, 0.25) is 0 Å². The van der Waals surface area contributed by atoms with Gasteiger partial charge in [0.15, 0.2) is 0 Å². The van der Waals surface area contributed by atoms with Gasteiger partial charge in [-0.2, -0.15) is 0 Å². The van der Waals surface area contributed by atoms with Crippen molar-refractivity contribution in [2.24, 2.45) is 0 Å². The second-order valence-corrected chi connectivity index (χ2v) is 3.58. The summed E-state index contributed by atoms with van der Waals surface area (Å²) in [6.07, 6.45) is 0. The molecule has 2 rings (SSSR count). The molecule has 0 atom stereocenters. The minimum absolute atomic E-state index is 0.0850. The van der Waals surface area contributed by atoms with E-state index < -0.39 is 0 Å². The van der Waals surface area contributed by atoms with Crippen LogP contribution in [0.4, 0.5) is 5.69 Å². The van der Waals surface area contributed by atoms with E-state index in [1.165, 1.54) is 0 Å². The number of aliphatic hydroxyl groups is 1. The van der Waals surface area contributed by atoms with Crippen LogP contribution in [0, 0.1) is 0 Å². The summed E-state index contributed by atoms with van der Waals surface area (Å²) in [6.45, 7) is 1.17. The lowest BCUT2D eigenvalue weighted by molar-refractivity contribution is 0.184. The number of hydrogen-bond acceptors (Lipinski definition) is 4. The zero-order valence-corrected chi connectivity index (χ0v) is 9.18. The summed E-state index contributed by atoms with van der Waals surface area (Å²) < 4.78 is 6.98. The maximum Gasteiger partial charge on any atom is 0.135 e. The smallest absolute Gasteiger partial charge is 0.135 e. The van der Waals surface area contributed by atoms with Gasteiger partial charge < -0.3 is 20.1 Å². The molecule has 5 nitrogen and oxygen atoms in total. The summed E-state index contributed by atoms with van der Waals surface area (Å²) >= 11 is 0. The van der Waals surface area contributed by atoms with Crippen molar-refractivity contribution in [2.45, 2.75) is 13.2 Å². The second-order valence-electron chi connectivity index (χ2n) is 3.58. The number of imidazole rings is 1. The first kappa shape index (κ1) is 10.9. The van der Waals surface area contributed by atoms with Crippen LogP contribution in [-0.2, 0) is 17.9 Å². The van der Waals surface area contributed by atoms with E-state index in [0.717, 1.165) is 11.0 Å². The molecule has 3 N–H and O–H groups in total. The van der Waals surface area contributed by atoms with E-state index in [2.05, 4.69) is 4.98 Å². The molecule has 0 spiro atoms. The molecule has 1 heterocycles. The fourth-order valence-electron chi connectivity index (χ4n) is 1.75. The second kappa shape index (κ2) is 4.51. The van der Waals surface area contributed by atoms with Crippen LogP contribution in [0.15, 0.2) is 18.2 Å². The van der Waals surface area contributed by atoms with Crippen molar-refractivity contribution in [3.8, 4) is 0 Å². The van der Waals surface area contributed by atoms with Crippen molar-refractivity contribution in [3.05, 3.63) is 24.0 Å². The largest absolute Gasteiger partial charge is 0.399 e. The van der Waals surface area contributed by atoms with E-state index in [4.69, 9.17) is 10.5 Å². The third-order valence-electron chi connectivity index (χ3n) is 2.51. The predicted molar refractivity (Wildman–Crippen MR) is 61.9 cm³/mol. The summed E-state index contributed by atoms with van der Waals surface area (Å²) in [6, 6.07) is 5.54. The van der Waals surface area contributed by atoms with Crippen LogP contribution >= 0.6 is 0 Å². The van der Waals surface area contributed by atoms with Crippen molar-refractivity contribution in [1.82, 2.24) is 9.55 Å². The molecular weight excluding hydrogens is 206 g/mol. The molecule has 86 valence electrons. The molecule has 0 radical (unpaired) electrons.